The summed E-state index contributed by atoms with van der Waals surface area (Å²) >= 11 is 0. The van der Waals surface area contributed by atoms with Crippen molar-refractivity contribution >= 4 is 17.8 Å². The summed E-state index contributed by atoms with van der Waals surface area (Å²) in [5, 5.41) is 2.72. The van der Waals surface area contributed by atoms with Crippen LogP contribution in [0.2, 0.25) is 0 Å². The standard InChI is InChI=1S/C22H32N2O5/c1-15-7-6-8-16(2)24(15)20(26)14-28-18-11-9-17(10-12-18)21(27)29-13-19(25)23-22(3,4)5/h9-12,15-16H,6-8,13-14H2,1-5H3,(H,23,25). The van der Waals surface area contributed by atoms with Crippen LogP contribution >= 0.6 is 0 Å². The summed E-state index contributed by atoms with van der Waals surface area (Å²) in [5.41, 5.74) is -0.0746. The average molecular weight is 405 g/mol. The third-order valence-electron chi connectivity index (χ3n) is 4.78. The second-order valence-corrected chi connectivity index (χ2v) is 8.62. The van der Waals surface area contributed by atoms with Crippen LogP contribution in [0.4, 0.5) is 0 Å². The lowest BCUT2D eigenvalue weighted by molar-refractivity contribution is -0.139. The van der Waals surface area contributed by atoms with Gasteiger partial charge in [-0.05, 0) is 78.1 Å². The maximum absolute atomic E-state index is 12.5. The highest BCUT2D eigenvalue weighted by Gasteiger charge is 2.29. The number of likely N-dealkylation sites (tertiary alicyclic amines) is 1. The van der Waals surface area contributed by atoms with Crippen molar-refractivity contribution in [3.05, 3.63) is 29.8 Å². The third-order valence-corrected chi connectivity index (χ3v) is 4.78. The first-order valence-electron chi connectivity index (χ1n) is 10.1. The first-order valence-corrected chi connectivity index (χ1v) is 10.1. The van der Waals surface area contributed by atoms with Crippen LogP contribution in [0.5, 0.6) is 5.75 Å². The van der Waals surface area contributed by atoms with Crippen molar-refractivity contribution in [1.29, 1.82) is 0 Å². The van der Waals surface area contributed by atoms with Gasteiger partial charge in [-0.15, -0.1) is 0 Å². The van der Waals surface area contributed by atoms with Gasteiger partial charge in [0, 0.05) is 17.6 Å². The van der Waals surface area contributed by atoms with Crippen molar-refractivity contribution in [1.82, 2.24) is 10.2 Å². The summed E-state index contributed by atoms with van der Waals surface area (Å²) in [5.74, 6) is -0.478. The van der Waals surface area contributed by atoms with Crippen LogP contribution in [0, 0.1) is 0 Å². The van der Waals surface area contributed by atoms with Gasteiger partial charge in [0.2, 0.25) is 0 Å². The number of carbonyl (C=O) groups excluding carboxylic acids is 3. The maximum atomic E-state index is 12.5. The molecule has 7 heteroatoms. The van der Waals surface area contributed by atoms with Gasteiger partial charge in [-0.25, -0.2) is 4.79 Å². The van der Waals surface area contributed by atoms with E-state index in [-0.39, 0.29) is 42.7 Å². The molecule has 1 N–H and O–H groups in total. The number of nitrogens with one attached hydrogen (secondary N) is 1. The molecular formula is C22H32N2O5. The summed E-state index contributed by atoms with van der Waals surface area (Å²) < 4.78 is 10.6. The van der Waals surface area contributed by atoms with Gasteiger partial charge in [0.15, 0.2) is 13.2 Å². The fraction of sp³-hybridized carbons (Fsp3) is 0.591. The zero-order valence-electron chi connectivity index (χ0n) is 18.0. The summed E-state index contributed by atoms with van der Waals surface area (Å²) in [6, 6.07) is 6.78. The highest BCUT2D eigenvalue weighted by molar-refractivity contribution is 5.91. The van der Waals surface area contributed by atoms with Crippen molar-refractivity contribution in [3.63, 3.8) is 0 Å². The number of nitrogens with zero attached hydrogens (tertiary/aromatic N) is 1. The fourth-order valence-electron chi connectivity index (χ4n) is 3.49. The van der Waals surface area contributed by atoms with Crippen LogP contribution in [-0.4, -0.2) is 53.5 Å². The highest BCUT2D eigenvalue weighted by atomic mass is 16.5. The Balaban J connectivity index is 1.82. The van der Waals surface area contributed by atoms with Gasteiger partial charge in [0.25, 0.3) is 11.8 Å². The Morgan fingerprint density at radius 2 is 1.62 bits per heavy atom. The largest absolute Gasteiger partial charge is 0.484 e. The Kier molecular flexibility index (Phi) is 7.65. The van der Waals surface area contributed by atoms with Crippen LogP contribution in [0.3, 0.4) is 0 Å². The maximum Gasteiger partial charge on any atom is 0.338 e. The molecular weight excluding hydrogens is 372 g/mol. The number of ether oxygens (including phenoxy) is 2. The lowest BCUT2D eigenvalue weighted by Gasteiger charge is -2.38. The van der Waals surface area contributed by atoms with Crippen LogP contribution in [-0.2, 0) is 14.3 Å². The molecule has 0 aromatic heterocycles. The molecule has 1 aromatic carbocycles. The van der Waals surface area contributed by atoms with Crippen LogP contribution < -0.4 is 10.1 Å². The molecule has 0 spiro atoms. The van der Waals surface area contributed by atoms with Crippen molar-refractivity contribution < 1.29 is 23.9 Å². The van der Waals surface area contributed by atoms with E-state index < -0.39 is 5.97 Å². The number of esters is 1. The number of hydrogen-bond donors (Lipinski definition) is 1. The summed E-state index contributed by atoms with van der Waals surface area (Å²) in [6.07, 6.45) is 3.17. The number of amides is 2. The number of piperidine rings is 1. The molecule has 1 fully saturated rings. The van der Waals surface area contributed by atoms with E-state index in [2.05, 4.69) is 19.2 Å². The molecule has 1 aliphatic rings. The van der Waals surface area contributed by atoms with Gasteiger partial charge in [-0.2, -0.15) is 0 Å². The van der Waals surface area contributed by atoms with Crippen molar-refractivity contribution in [2.45, 2.75) is 71.5 Å². The fourth-order valence-corrected chi connectivity index (χ4v) is 3.49. The van der Waals surface area contributed by atoms with Gasteiger partial charge >= 0.3 is 5.97 Å². The Morgan fingerprint density at radius 1 is 1.03 bits per heavy atom. The van der Waals surface area contributed by atoms with E-state index in [4.69, 9.17) is 9.47 Å². The molecule has 0 aliphatic carbocycles. The molecule has 0 saturated carbocycles. The highest BCUT2D eigenvalue weighted by Crippen LogP contribution is 2.23. The van der Waals surface area contributed by atoms with Gasteiger partial charge in [-0.1, -0.05) is 0 Å². The molecule has 2 amide bonds. The van der Waals surface area contributed by atoms with E-state index in [0.29, 0.717) is 11.3 Å². The first-order chi connectivity index (χ1) is 13.6. The van der Waals surface area contributed by atoms with Crippen molar-refractivity contribution in [3.8, 4) is 5.75 Å². The Bertz CT molecular complexity index is 714. The molecule has 29 heavy (non-hydrogen) atoms. The zero-order valence-corrected chi connectivity index (χ0v) is 18.0. The zero-order chi connectivity index (χ0) is 21.6. The smallest absolute Gasteiger partial charge is 0.338 e. The van der Waals surface area contributed by atoms with Gasteiger partial charge < -0.3 is 19.7 Å². The third kappa shape index (κ3) is 7.07. The molecule has 2 atom stereocenters. The Hall–Kier alpha value is -2.57. The molecule has 2 rings (SSSR count). The number of carbonyl (C=O) groups is 3. The molecule has 2 unspecified atom stereocenters. The topological polar surface area (TPSA) is 84.9 Å². The Labute approximate surface area is 172 Å². The molecule has 1 aliphatic heterocycles. The summed E-state index contributed by atoms with van der Waals surface area (Å²) in [7, 11) is 0. The second kappa shape index (κ2) is 9.76. The first kappa shape index (κ1) is 22.7. The van der Waals surface area contributed by atoms with E-state index >= 15 is 0 Å². The molecule has 0 bridgehead atoms. The van der Waals surface area contributed by atoms with Crippen molar-refractivity contribution in [2.75, 3.05) is 13.2 Å². The summed E-state index contributed by atoms with van der Waals surface area (Å²) in [4.78, 5) is 38.2. The minimum absolute atomic E-state index is 0.0296. The van der Waals surface area contributed by atoms with Crippen LogP contribution in [0.1, 0.15) is 64.2 Å². The number of rotatable bonds is 6. The molecule has 7 nitrogen and oxygen atoms in total. The van der Waals surface area contributed by atoms with E-state index in [9.17, 15) is 14.4 Å². The molecule has 1 heterocycles. The van der Waals surface area contributed by atoms with Crippen LogP contribution in [0.15, 0.2) is 24.3 Å². The van der Waals surface area contributed by atoms with Crippen molar-refractivity contribution in [2.24, 2.45) is 0 Å². The summed E-state index contributed by atoms with van der Waals surface area (Å²) in [6.45, 7) is 9.31. The van der Waals surface area contributed by atoms with Gasteiger partial charge in [0.05, 0.1) is 5.56 Å². The molecule has 0 radical (unpaired) electrons. The lowest BCUT2D eigenvalue weighted by atomic mass is 9.97. The molecule has 1 aromatic rings. The SMILES string of the molecule is CC1CCCC(C)N1C(=O)COc1ccc(C(=O)OCC(=O)NC(C)(C)C)cc1. The Morgan fingerprint density at radius 3 is 2.17 bits per heavy atom. The predicted octanol–water partition coefficient (Wildman–Crippen LogP) is 2.93. The number of hydrogen-bond acceptors (Lipinski definition) is 5. The van der Waals surface area contributed by atoms with E-state index in [1.54, 1.807) is 24.3 Å². The second-order valence-electron chi connectivity index (χ2n) is 8.62. The molecule has 1 saturated heterocycles. The number of benzene rings is 1. The monoisotopic (exact) mass is 404 g/mol. The minimum atomic E-state index is -0.590. The normalized spacial score (nSPS) is 19.4. The van der Waals surface area contributed by atoms with E-state index in [0.717, 1.165) is 19.3 Å². The minimum Gasteiger partial charge on any atom is -0.484 e. The van der Waals surface area contributed by atoms with Gasteiger partial charge in [-0.3, -0.25) is 9.59 Å². The van der Waals surface area contributed by atoms with Crippen LogP contribution in [0.25, 0.3) is 0 Å². The predicted molar refractivity (Wildman–Crippen MR) is 110 cm³/mol. The quantitative estimate of drug-likeness (QED) is 0.737. The lowest BCUT2D eigenvalue weighted by Crippen LogP contribution is -2.49. The average Bonchev–Trinajstić information content (AvgIpc) is 2.63. The van der Waals surface area contributed by atoms with E-state index in [1.807, 2.05) is 25.7 Å². The van der Waals surface area contributed by atoms with Gasteiger partial charge in [0.1, 0.15) is 5.75 Å². The molecule has 160 valence electrons. The van der Waals surface area contributed by atoms with E-state index in [1.165, 1.54) is 0 Å².